The highest BCUT2D eigenvalue weighted by Gasteiger charge is 2.27. The number of benzene rings is 3. The predicted octanol–water partition coefficient (Wildman–Crippen LogP) is 5.14. The number of sulfonamides is 1. The number of carbonyl (C=O) groups excluding carboxylic acids is 1. The first-order chi connectivity index (χ1) is 15.6. The molecule has 0 unspecified atom stereocenters. The van der Waals surface area contributed by atoms with Crippen LogP contribution in [0.4, 0.5) is 0 Å². The number of nitrogens with one attached hydrogen (secondary N) is 2. The van der Waals surface area contributed by atoms with Crippen molar-refractivity contribution in [2.45, 2.75) is 51.1 Å². The Labute approximate surface area is 204 Å². The average molecular weight is 530 g/mol. The molecule has 0 heterocycles. The lowest BCUT2D eigenvalue weighted by molar-refractivity contribution is -0.123. The molecule has 0 bridgehead atoms. The molecule has 3 aromatic carbocycles. The van der Waals surface area contributed by atoms with Crippen LogP contribution in [0.5, 0.6) is 0 Å². The lowest BCUT2D eigenvalue weighted by atomic mass is 9.96. The number of hydrogen-bond donors (Lipinski definition) is 2. The van der Waals surface area contributed by atoms with Crippen molar-refractivity contribution in [3.05, 3.63) is 99.0 Å². The molecule has 1 amide bonds. The zero-order valence-electron chi connectivity index (χ0n) is 19.2. The van der Waals surface area contributed by atoms with Crippen molar-refractivity contribution in [2.24, 2.45) is 0 Å². The standard InChI is InChI=1S/C26H29BrN2O3S/c1-17-14-19(3)24(15-18(17)2)20(4)28-26(30)25(16-21-8-6-5-7-9-21)29-33(31,32)23-12-10-22(27)11-13-23/h5-15,20,25,29H,16H2,1-4H3,(H,28,30)/t20-,25+/m0/s1. The van der Waals surface area contributed by atoms with Gasteiger partial charge in [-0.05, 0) is 86.2 Å². The predicted molar refractivity (Wildman–Crippen MR) is 136 cm³/mol. The molecule has 0 aliphatic rings. The molecule has 5 nitrogen and oxygen atoms in total. The maximum absolute atomic E-state index is 13.3. The Balaban J connectivity index is 1.86. The van der Waals surface area contributed by atoms with Crippen molar-refractivity contribution in [1.29, 1.82) is 0 Å². The zero-order chi connectivity index (χ0) is 24.2. The van der Waals surface area contributed by atoms with E-state index in [0.29, 0.717) is 0 Å². The summed E-state index contributed by atoms with van der Waals surface area (Å²) < 4.78 is 29.5. The van der Waals surface area contributed by atoms with Crippen molar-refractivity contribution in [3.8, 4) is 0 Å². The topological polar surface area (TPSA) is 75.3 Å². The van der Waals surface area contributed by atoms with Crippen LogP contribution >= 0.6 is 15.9 Å². The molecule has 2 N–H and O–H groups in total. The van der Waals surface area contributed by atoms with Gasteiger partial charge in [0.25, 0.3) is 0 Å². The van der Waals surface area contributed by atoms with Crippen LogP contribution in [-0.4, -0.2) is 20.4 Å². The SMILES string of the molecule is Cc1cc(C)c([C@H](C)NC(=O)[C@@H](Cc2ccccc2)NS(=O)(=O)c2ccc(Br)cc2)cc1C. The number of aryl methyl sites for hydroxylation is 3. The Morgan fingerprint density at radius 1 is 0.909 bits per heavy atom. The number of carbonyl (C=O) groups is 1. The van der Waals surface area contributed by atoms with Gasteiger partial charge in [-0.25, -0.2) is 8.42 Å². The number of rotatable bonds is 8. The van der Waals surface area contributed by atoms with E-state index in [1.54, 1.807) is 12.1 Å². The molecule has 174 valence electrons. The zero-order valence-corrected chi connectivity index (χ0v) is 21.6. The maximum atomic E-state index is 13.3. The van der Waals surface area contributed by atoms with E-state index in [2.05, 4.69) is 45.0 Å². The molecular weight excluding hydrogens is 500 g/mol. The van der Waals surface area contributed by atoms with Gasteiger partial charge >= 0.3 is 0 Å². The summed E-state index contributed by atoms with van der Waals surface area (Å²) in [7, 11) is -3.89. The van der Waals surface area contributed by atoms with Crippen LogP contribution < -0.4 is 10.0 Å². The van der Waals surface area contributed by atoms with Gasteiger partial charge in [0.15, 0.2) is 0 Å². The molecule has 33 heavy (non-hydrogen) atoms. The minimum atomic E-state index is -3.89. The first-order valence-corrected chi connectivity index (χ1v) is 13.0. The highest BCUT2D eigenvalue weighted by Crippen LogP contribution is 2.22. The molecule has 3 rings (SSSR count). The normalized spacial score (nSPS) is 13.4. The number of hydrogen-bond acceptors (Lipinski definition) is 3. The van der Waals surface area contributed by atoms with Crippen LogP contribution in [0.25, 0.3) is 0 Å². The summed E-state index contributed by atoms with van der Waals surface area (Å²) in [6, 6.07) is 18.7. The maximum Gasteiger partial charge on any atom is 0.241 e. The van der Waals surface area contributed by atoms with Crippen molar-refractivity contribution in [1.82, 2.24) is 10.0 Å². The third-order valence-electron chi connectivity index (χ3n) is 5.73. The average Bonchev–Trinajstić information content (AvgIpc) is 2.76. The second-order valence-electron chi connectivity index (χ2n) is 8.34. The Kier molecular flexibility index (Phi) is 8.10. The highest BCUT2D eigenvalue weighted by molar-refractivity contribution is 9.10. The monoisotopic (exact) mass is 528 g/mol. The molecule has 0 saturated heterocycles. The lowest BCUT2D eigenvalue weighted by Crippen LogP contribution is -2.48. The fraction of sp³-hybridized carbons (Fsp3) is 0.269. The number of amides is 1. The van der Waals surface area contributed by atoms with Gasteiger partial charge in [-0.2, -0.15) is 4.72 Å². The van der Waals surface area contributed by atoms with Gasteiger partial charge in [0.05, 0.1) is 10.9 Å². The first-order valence-electron chi connectivity index (χ1n) is 10.8. The minimum absolute atomic E-state index is 0.106. The van der Waals surface area contributed by atoms with Gasteiger partial charge in [-0.15, -0.1) is 0 Å². The van der Waals surface area contributed by atoms with Gasteiger partial charge < -0.3 is 5.32 Å². The van der Waals surface area contributed by atoms with Crippen LogP contribution in [0.15, 0.2) is 76.1 Å². The Bertz CT molecular complexity index is 1230. The molecular formula is C26H29BrN2O3S. The molecule has 0 saturated carbocycles. The van der Waals surface area contributed by atoms with Gasteiger partial charge in [-0.1, -0.05) is 58.4 Å². The summed E-state index contributed by atoms with van der Waals surface area (Å²) in [5.41, 5.74) is 5.31. The quantitative estimate of drug-likeness (QED) is 0.424. The Morgan fingerprint density at radius 3 is 2.15 bits per heavy atom. The molecule has 0 aliphatic carbocycles. The molecule has 0 aliphatic heterocycles. The molecule has 0 fully saturated rings. The Hall–Kier alpha value is -2.48. The van der Waals surface area contributed by atoms with E-state index in [9.17, 15) is 13.2 Å². The minimum Gasteiger partial charge on any atom is -0.348 e. The first kappa shape index (κ1) is 25.1. The summed E-state index contributed by atoms with van der Waals surface area (Å²) >= 11 is 3.32. The van der Waals surface area contributed by atoms with E-state index < -0.39 is 16.1 Å². The van der Waals surface area contributed by atoms with Crippen LogP contribution in [0.2, 0.25) is 0 Å². The van der Waals surface area contributed by atoms with Crippen molar-refractivity contribution >= 4 is 31.9 Å². The van der Waals surface area contributed by atoms with Crippen molar-refractivity contribution < 1.29 is 13.2 Å². The molecule has 2 atom stereocenters. The smallest absolute Gasteiger partial charge is 0.241 e. The lowest BCUT2D eigenvalue weighted by Gasteiger charge is -2.23. The largest absolute Gasteiger partial charge is 0.348 e. The van der Waals surface area contributed by atoms with E-state index >= 15 is 0 Å². The number of halogens is 1. The van der Waals surface area contributed by atoms with Crippen LogP contribution in [0, 0.1) is 20.8 Å². The second kappa shape index (κ2) is 10.6. The summed E-state index contributed by atoms with van der Waals surface area (Å²) in [5.74, 6) is -0.371. The summed E-state index contributed by atoms with van der Waals surface area (Å²) in [5, 5.41) is 3.01. The van der Waals surface area contributed by atoms with Crippen LogP contribution in [-0.2, 0) is 21.2 Å². The Morgan fingerprint density at radius 2 is 1.52 bits per heavy atom. The van der Waals surface area contributed by atoms with Crippen molar-refractivity contribution in [3.63, 3.8) is 0 Å². The fourth-order valence-corrected chi connectivity index (χ4v) is 5.21. The third kappa shape index (κ3) is 6.53. The van der Waals surface area contributed by atoms with E-state index in [1.165, 1.54) is 17.7 Å². The van der Waals surface area contributed by atoms with E-state index in [4.69, 9.17) is 0 Å². The van der Waals surface area contributed by atoms with Gasteiger partial charge in [0.2, 0.25) is 15.9 Å². The molecule has 0 spiro atoms. The summed E-state index contributed by atoms with van der Waals surface area (Å²) in [6.45, 7) is 8.03. The fourth-order valence-electron chi connectivity index (χ4n) is 3.75. The molecule has 3 aromatic rings. The molecule has 0 aromatic heterocycles. The van der Waals surface area contributed by atoms with E-state index in [0.717, 1.165) is 26.7 Å². The van der Waals surface area contributed by atoms with E-state index in [1.807, 2.05) is 51.1 Å². The van der Waals surface area contributed by atoms with Crippen molar-refractivity contribution in [2.75, 3.05) is 0 Å². The molecule has 7 heteroatoms. The van der Waals surface area contributed by atoms with Crippen LogP contribution in [0.1, 0.15) is 40.8 Å². The molecule has 0 radical (unpaired) electrons. The van der Waals surface area contributed by atoms with Gasteiger partial charge in [-0.3, -0.25) is 4.79 Å². The van der Waals surface area contributed by atoms with Crippen LogP contribution in [0.3, 0.4) is 0 Å². The third-order valence-corrected chi connectivity index (χ3v) is 7.74. The second-order valence-corrected chi connectivity index (χ2v) is 11.0. The van der Waals surface area contributed by atoms with Gasteiger partial charge in [0, 0.05) is 4.47 Å². The highest BCUT2D eigenvalue weighted by atomic mass is 79.9. The summed E-state index contributed by atoms with van der Waals surface area (Å²) in [6.07, 6.45) is 0.237. The van der Waals surface area contributed by atoms with E-state index in [-0.39, 0.29) is 23.3 Å². The van der Waals surface area contributed by atoms with Gasteiger partial charge in [0.1, 0.15) is 6.04 Å². The summed E-state index contributed by atoms with van der Waals surface area (Å²) in [4.78, 5) is 13.4.